The van der Waals surface area contributed by atoms with Gasteiger partial charge in [0.1, 0.15) is 18.3 Å². The van der Waals surface area contributed by atoms with Crippen LogP contribution in [0.25, 0.3) is 10.9 Å². The van der Waals surface area contributed by atoms with Gasteiger partial charge in [-0.2, -0.15) is 0 Å². The maximum atomic E-state index is 12.8. The highest BCUT2D eigenvalue weighted by molar-refractivity contribution is 6.02. The molecular weight excluding hydrogens is 314 g/mol. The summed E-state index contributed by atoms with van der Waals surface area (Å²) in [6, 6.07) is 8.86. The highest BCUT2D eigenvalue weighted by Gasteiger charge is 2.30. The molecule has 2 aromatic rings. The van der Waals surface area contributed by atoms with Gasteiger partial charge in [-0.1, -0.05) is 18.2 Å². The lowest BCUT2D eigenvalue weighted by atomic mass is 10.0. The molecule has 134 valence electrons. The number of fused-ring (bicyclic) bond motifs is 3. The Balaban J connectivity index is 1.61. The molecule has 1 fully saturated rings. The average molecular weight is 342 g/mol. The Bertz CT molecular complexity index is 777. The monoisotopic (exact) mass is 342 g/mol. The van der Waals surface area contributed by atoms with Crippen molar-refractivity contribution in [2.45, 2.75) is 50.8 Å². The first kappa shape index (κ1) is 16.6. The first-order valence-electron chi connectivity index (χ1n) is 9.52. The van der Waals surface area contributed by atoms with E-state index in [9.17, 15) is 9.90 Å². The van der Waals surface area contributed by atoms with Gasteiger partial charge in [-0.15, -0.1) is 0 Å². The second-order valence-corrected chi connectivity index (χ2v) is 7.60. The van der Waals surface area contributed by atoms with Gasteiger partial charge in [-0.3, -0.25) is 4.79 Å². The maximum absolute atomic E-state index is 12.8. The number of quaternary nitrogens is 1. The minimum absolute atomic E-state index is 0.0735. The quantitative estimate of drug-likeness (QED) is 0.856. The molecule has 0 spiro atoms. The summed E-state index contributed by atoms with van der Waals surface area (Å²) < 4.78 is 2.05. The molecule has 1 atom stereocenters. The van der Waals surface area contributed by atoms with E-state index in [1.807, 2.05) is 19.2 Å². The number of aliphatic hydroxyl groups is 1. The van der Waals surface area contributed by atoms with Crippen LogP contribution in [-0.2, 0) is 13.0 Å². The van der Waals surface area contributed by atoms with Crippen LogP contribution in [0.1, 0.15) is 41.7 Å². The van der Waals surface area contributed by atoms with E-state index in [0.717, 1.165) is 35.1 Å². The van der Waals surface area contributed by atoms with Gasteiger partial charge in [0.2, 0.25) is 0 Å². The lowest BCUT2D eigenvalue weighted by Crippen LogP contribution is -2.91. The average Bonchev–Trinajstić information content (AvgIpc) is 3.24. The van der Waals surface area contributed by atoms with Crippen molar-refractivity contribution in [2.75, 3.05) is 20.1 Å². The van der Waals surface area contributed by atoms with Gasteiger partial charge in [-0.25, -0.2) is 0 Å². The Morgan fingerprint density at radius 3 is 2.84 bits per heavy atom. The molecule has 1 aliphatic heterocycles. The summed E-state index contributed by atoms with van der Waals surface area (Å²) in [5.41, 5.74) is 2.98. The van der Waals surface area contributed by atoms with Crippen LogP contribution in [0.15, 0.2) is 24.3 Å². The third-order valence-electron chi connectivity index (χ3n) is 5.86. The van der Waals surface area contributed by atoms with Crippen molar-refractivity contribution in [3.05, 3.63) is 35.5 Å². The number of likely N-dealkylation sites (N-methyl/N-ethyl adjacent to an activating group) is 1. The number of hydrogen-bond donors (Lipinski definition) is 2. The summed E-state index contributed by atoms with van der Waals surface area (Å²) >= 11 is 0. The van der Waals surface area contributed by atoms with Crippen molar-refractivity contribution in [3.8, 4) is 0 Å². The van der Waals surface area contributed by atoms with Gasteiger partial charge in [-0.05, 0) is 43.7 Å². The van der Waals surface area contributed by atoms with Crippen LogP contribution in [0.4, 0.5) is 0 Å². The molecule has 0 saturated heterocycles. The van der Waals surface area contributed by atoms with Crippen molar-refractivity contribution in [2.24, 2.45) is 0 Å². The zero-order valence-electron chi connectivity index (χ0n) is 14.9. The Hall–Kier alpha value is -1.85. The van der Waals surface area contributed by atoms with E-state index in [1.165, 1.54) is 25.7 Å². The molecule has 3 N–H and O–H groups in total. The molecule has 2 aliphatic rings. The first-order valence-corrected chi connectivity index (χ1v) is 9.52. The van der Waals surface area contributed by atoms with Crippen molar-refractivity contribution < 1.29 is 15.2 Å². The number of aromatic nitrogens is 1. The van der Waals surface area contributed by atoms with Crippen molar-refractivity contribution >= 4 is 16.8 Å². The van der Waals surface area contributed by atoms with E-state index in [2.05, 4.69) is 22.0 Å². The SMILES string of the molecule is CN1CCc2c(n(C[C@@H](O)C[NH2+]C3CCCC3)c3ccccc23)C1=O. The maximum Gasteiger partial charge on any atom is 0.270 e. The standard InChI is InChI=1S/C20H27N3O2/c1-22-11-10-17-16-8-4-5-9-18(16)23(19(17)20(22)25)13-15(24)12-21-14-6-2-3-7-14/h4-5,8-9,14-15,21,24H,2-3,6-7,10-13H2,1H3/p+1/t15-/m0/s1. The van der Waals surface area contributed by atoms with Gasteiger partial charge in [0.25, 0.3) is 5.91 Å². The number of hydrogen-bond acceptors (Lipinski definition) is 2. The number of aliphatic hydroxyl groups excluding tert-OH is 1. The summed E-state index contributed by atoms with van der Waals surface area (Å²) in [4.78, 5) is 14.6. The Morgan fingerprint density at radius 2 is 2.04 bits per heavy atom. The molecule has 1 aromatic carbocycles. The molecule has 1 amide bonds. The molecule has 2 heterocycles. The number of rotatable bonds is 5. The molecule has 0 unspecified atom stereocenters. The number of carbonyl (C=O) groups is 1. The van der Waals surface area contributed by atoms with Crippen LogP contribution in [-0.4, -0.2) is 52.8 Å². The highest BCUT2D eigenvalue weighted by Crippen LogP contribution is 2.30. The van der Waals surface area contributed by atoms with E-state index in [0.29, 0.717) is 19.1 Å². The minimum Gasteiger partial charge on any atom is -0.385 e. The fourth-order valence-corrected chi connectivity index (χ4v) is 4.45. The first-order chi connectivity index (χ1) is 12.1. The second kappa shape index (κ2) is 6.81. The van der Waals surface area contributed by atoms with Crippen LogP contribution in [0, 0.1) is 0 Å². The summed E-state index contributed by atoms with van der Waals surface area (Å²) in [7, 11) is 1.86. The summed E-state index contributed by atoms with van der Waals surface area (Å²) in [5.74, 6) is 0.0735. The van der Waals surface area contributed by atoms with Crippen molar-refractivity contribution in [1.29, 1.82) is 0 Å². The predicted molar refractivity (Wildman–Crippen MR) is 97.7 cm³/mol. The Kier molecular flexibility index (Phi) is 4.52. The van der Waals surface area contributed by atoms with E-state index < -0.39 is 6.10 Å². The number of amides is 1. The summed E-state index contributed by atoms with van der Waals surface area (Å²) in [5, 5.41) is 14.1. The fraction of sp³-hybridized carbons (Fsp3) is 0.550. The molecule has 0 radical (unpaired) electrons. The topological polar surface area (TPSA) is 62.1 Å². The molecule has 25 heavy (non-hydrogen) atoms. The minimum atomic E-state index is -0.444. The zero-order chi connectivity index (χ0) is 17.4. The van der Waals surface area contributed by atoms with E-state index in [4.69, 9.17) is 0 Å². The largest absolute Gasteiger partial charge is 0.385 e. The molecule has 5 nitrogen and oxygen atoms in total. The predicted octanol–water partition coefficient (Wildman–Crippen LogP) is 1.14. The molecule has 0 bridgehead atoms. The van der Waals surface area contributed by atoms with E-state index in [1.54, 1.807) is 4.90 Å². The smallest absolute Gasteiger partial charge is 0.270 e. The van der Waals surface area contributed by atoms with Gasteiger partial charge >= 0.3 is 0 Å². The van der Waals surface area contributed by atoms with Gasteiger partial charge in [0, 0.05) is 24.5 Å². The van der Waals surface area contributed by atoms with Crippen molar-refractivity contribution in [1.82, 2.24) is 9.47 Å². The number of carbonyl (C=O) groups excluding carboxylic acids is 1. The van der Waals surface area contributed by atoms with Crippen LogP contribution in [0.3, 0.4) is 0 Å². The van der Waals surface area contributed by atoms with E-state index >= 15 is 0 Å². The molecule has 1 aromatic heterocycles. The summed E-state index contributed by atoms with van der Waals surface area (Å²) in [6.45, 7) is 1.95. The van der Waals surface area contributed by atoms with Crippen molar-refractivity contribution in [3.63, 3.8) is 0 Å². The Labute approximate surface area is 148 Å². The number of nitrogens with two attached hydrogens (primary N) is 1. The lowest BCUT2D eigenvalue weighted by molar-refractivity contribution is -0.693. The molecular formula is C20H28N3O2+. The zero-order valence-corrected chi connectivity index (χ0v) is 14.9. The second-order valence-electron chi connectivity index (χ2n) is 7.60. The highest BCUT2D eigenvalue weighted by atomic mass is 16.3. The molecule has 4 rings (SSSR count). The summed E-state index contributed by atoms with van der Waals surface area (Å²) in [6.07, 6.45) is 5.59. The van der Waals surface area contributed by atoms with Crippen LogP contribution in [0.2, 0.25) is 0 Å². The van der Waals surface area contributed by atoms with Crippen LogP contribution >= 0.6 is 0 Å². The normalized spacial score (nSPS) is 19.6. The fourth-order valence-electron chi connectivity index (χ4n) is 4.45. The molecule has 5 heteroatoms. The molecule has 1 aliphatic carbocycles. The van der Waals surface area contributed by atoms with E-state index in [-0.39, 0.29) is 5.91 Å². The number of para-hydroxylation sites is 1. The molecule has 1 saturated carbocycles. The number of nitrogens with zero attached hydrogens (tertiary/aromatic N) is 2. The van der Waals surface area contributed by atoms with Gasteiger partial charge in [0.15, 0.2) is 0 Å². The third-order valence-corrected chi connectivity index (χ3v) is 5.86. The lowest BCUT2D eigenvalue weighted by Gasteiger charge is -2.25. The van der Waals surface area contributed by atoms with Gasteiger partial charge in [0.05, 0.1) is 12.6 Å². The van der Waals surface area contributed by atoms with Gasteiger partial charge < -0.3 is 19.9 Å². The third kappa shape index (κ3) is 3.07. The number of benzene rings is 1. The van der Waals surface area contributed by atoms with Crippen LogP contribution < -0.4 is 5.32 Å². The van der Waals surface area contributed by atoms with Crippen LogP contribution in [0.5, 0.6) is 0 Å². The Morgan fingerprint density at radius 1 is 1.28 bits per heavy atom.